The Kier molecular flexibility index (Phi) is 4.21. The molecular weight excluding hydrogens is 412 g/mol. The summed E-state index contributed by atoms with van der Waals surface area (Å²) in [6.07, 6.45) is 0. The molecule has 6 rings (SSSR count). The van der Waals surface area contributed by atoms with Crippen molar-refractivity contribution in [2.45, 2.75) is 27.7 Å². The first-order chi connectivity index (χ1) is 15.5. The molecule has 0 atom stereocenters. The number of hydrogen-bond acceptors (Lipinski definition) is 4. The Bertz CT molecular complexity index is 1650. The second-order valence-electron chi connectivity index (χ2n) is 8.55. The van der Waals surface area contributed by atoms with Gasteiger partial charge in [-0.25, -0.2) is 9.97 Å². The highest BCUT2D eigenvalue weighted by Gasteiger charge is 2.16. The largest absolute Gasteiger partial charge is 0.437 e. The summed E-state index contributed by atoms with van der Waals surface area (Å²) in [4.78, 5) is 10.9. The molecule has 0 aliphatic rings. The van der Waals surface area contributed by atoms with Gasteiger partial charge in [0.25, 0.3) is 0 Å². The molecule has 0 aliphatic carbocycles. The third kappa shape index (κ3) is 2.94. The van der Waals surface area contributed by atoms with Crippen LogP contribution in [0.4, 0.5) is 0 Å². The molecule has 2 aromatic carbocycles. The molecule has 0 spiro atoms. The molecule has 0 bridgehead atoms. The van der Waals surface area contributed by atoms with Crippen molar-refractivity contribution in [2.75, 3.05) is 0 Å². The second-order valence-corrected chi connectivity index (χ2v) is 9.64. The predicted molar refractivity (Wildman–Crippen MR) is 135 cm³/mol. The van der Waals surface area contributed by atoms with Gasteiger partial charge in [-0.05, 0) is 80.8 Å². The van der Waals surface area contributed by atoms with Crippen molar-refractivity contribution in [2.24, 2.45) is 0 Å². The molecule has 4 heterocycles. The van der Waals surface area contributed by atoms with E-state index in [2.05, 4.69) is 80.4 Å². The van der Waals surface area contributed by atoms with Crippen molar-refractivity contribution in [1.82, 2.24) is 9.97 Å². The summed E-state index contributed by atoms with van der Waals surface area (Å²) in [5.41, 5.74) is 10.6. The Balaban J connectivity index is 1.53. The number of hydrogen-bond donors (Lipinski definition) is 0. The van der Waals surface area contributed by atoms with Crippen molar-refractivity contribution < 1.29 is 4.42 Å². The summed E-state index contributed by atoms with van der Waals surface area (Å²) in [6.45, 7) is 8.51. The normalized spacial score (nSPS) is 11.8. The molecule has 0 radical (unpaired) electrons. The number of nitrogens with zero attached hydrogens (tertiary/aromatic N) is 2. The summed E-state index contributed by atoms with van der Waals surface area (Å²) in [5, 5.41) is 2.11. The summed E-state index contributed by atoms with van der Waals surface area (Å²) in [6, 6.07) is 21.3. The van der Waals surface area contributed by atoms with E-state index in [4.69, 9.17) is 9.40 Å². The van der Waals surface area contributed by atoms with Gasteiger partial charge in [0.15, 0.2) is 0 Å². The van der Waals surface area contributed by atoms with Crippen molar-refractivity contribution in [3.8, 4) is 21.7 Å². The minimum absolute atomic E-state index is 0.677. The maximum Gasteiger partial charge on any atom is 0.227 e. The third-order valence-corrected chi connectivity index (χ3v) is 7.18. The van der Waals surface area contributed by atoms with E-state index in [0.717, 1.165) is 38.8 Å². The number of aryl methyl sites for hydroxylation is 4. The highest BCUT2D eigenvalue weighted by Crippen LogP contribution is 2.39. The van der Waals surface area contributed by atoms with Crippen LogP contribution in [-0.2, 0) is 0 Å². The number of para-hydroxylation sites is 1. The van der Waals surface area contributed by atoms with E-state index < -0.39 is 0 Å². The highest BCUT2D eigenvalue weighted by atomic mass is 32.1. The van der Waals surface area contributed by atoms with Gasteiger partial charge in [-0.3, -0.25) is 0 Å². The standard InChI is InChI=1S/C28H22N2OS/c1-15-12-16(2)26(17(3)13-15)25-14-23-24(32-25)11-10-22(30-23)21-7-5-6-19-20-9-8-18(4)29-28(20)31-27(19)21/h5-14H,1-4H3. The van der Waals surface area contributed by atoms with Crippen molar-refractivity contribution in [3.05, 3.63) is 83.0 Å². The first-order valence-electron chi connectivity index (χ1n) is 10.8. The smallest absolute Gasteiger partial charge is 0.227 e. The molecule has 32 heavy (non-hydrogen) atoms. The first kappa shape index (κ1) is 19.2. The zero-order valence-corrected chi connectivity index (χ0v) is 19.3. The molecule has 0 saturated carbocycles. The third-order valence-electron chi connectivity index (χ3n) is 6.08. The van der Waals surface area contributed by atoms with Crippen LogP contribution in [0, 0.1) is 27.7 Å². The predicted octanol–water partition coefficient (Wildman–Crippen LogP) is 8.16. The van der Waals surface area contributed by atoms with E-state index in [1.54, 1.807) is 11.3 Å². The first-order valence-corrected chi connectivity index (χ1v) is 11.6. The van der Waals surface area contributed by atoms with E-state index in [1.165, 1.54) is 31.8 Å². The molecular formula is C28H22N2OS. The highest BCUT2D eigenvalue weighted by molar-refractivity contribution is 7.22. The number of furan rings is 1. The van der Waals surface area contributed by atoms with Gasteiger partial charge in [-0.2, -0.15) is 0 Å². The van der Waals surface area contributed by atoms with E-state index in [9.17, 15) is 0 Å². The van der Waals surface area contributed by atoms with Crippen LogP contribution >= 0.6 is 11.3 Å². The lowest BCUT2D eigenvalue weighted by Gasteiger charge is -2.09. The van der Waals surface area contributed by atoms with Crippen LogP contribution in [0.5, 0.6) is 0 Å². The fraction of sp³-hybridized carbons (Fsp3) is 0.143. The number of thiophene rings is 1. The Labute approximate surface area is 190 Å². The number of rotatable bonds is 2. The average Bonchev–Trinajstić information content (AvgIpc) is 3.32. The quantitative estimate of drug-likeness (QED) is 0.276. The van der Waals surface area contributed by atoms with E-state index in [1.807, 2.05) is 13.0 Å². The Morgan fingerprint density at radius 2 is 1.59 bits per heavy atom. The van der Waals surface area contributed by atoms with Crippen LogP contribution in [0.3, 0.4) is 0 Å². The molecule has 0 fully saturated rings. The minimum atomic E-state index is 0.677. The lowest BCUT2D eigenvalue weighted by atomic mass is 9.98. The summed E-state index contributed by atoms with van der Waals surface area (Å²) in [7, 11) is 0. The Morgan fingerprint density at radius 1 is 0.781 bits per heavy atom. The van der Waals surface area contributed by atoms with E-state index in [-0.39, 0.29) is 0 Å². The van der Waals surface area contributed by atoms with E-state index in [0.29, 0.717) is 5.71 Å². The summed E-state index contributed by atoms with van der Waals surface area (Å²) >= 11 is 1.80. The Hall–Kier alpha value is -3.50. The van der Waals surface area contributed by atoms with Crippen LogP contribution in [-0.4, -0.2) is 9.97 Å². The molecule has 0 amide bonds. The van der Waals surface area contributed by atoms with Crippen LogP contribution < -0.4 is 0 Å². The van der Waals surface area contributed by atoms with Gasteiger partial charge in [-0.15, -0.1) is 11.3 Å². The van der Waals surface area contributed by atoms with Gasteiger partial charge in [-0.1, -0.05) is 29.8 Å². The zero-order chi connectivity index (χ0) is 22.0. The molecule has 6 aromatic rings. The molecule has 0 aliphatic heterocycles. The van der Waals surface area contributed by atoms with Gasteiger partial charge in [0, 0.05) is 26.9 Å². The van der Waals surface area contributed by atoms with Crippen LogP contribution in [0.15, 0.2) is 65.1 Å². The second kappa shape index (κ2) is 7.01. The minimum Gasteiger partial charge on any atom is -0.437 e. The van der Waals surface area contributed by atoms with Crippen molar-refractivity contribution >= 4 is 43.6 Å². The fourth-order valence-corrected chi connectivity index (χ4v) is 5.92. The SMILES string of the molecule is Cc1cc(C)c(-c2cc3nc(-c4cccc5c4oc4nc(C)ccc45)ccc3s2)c(C)c1. The van der Waals surface area contributed by atoms with Crippen LogP contribution in [0.25, 0.3) is 54.0 Å². The van der Waals surface area contributed by atoms with Gasteiger partial charge in [0.1, 0.15) is 5.58 Å². The molecule has 0 saturated heterocycles. The van der Waals surface area contributed by atoms with E-state index >= 15 is 0 Å². The zero-order valence-electron chi connectivity index (χ0n) is 18.5. The molecule has 0 N–H and O–H groups in total. The number of pyridine rings is 2. The van der Waals surface area contributed by atoms with Crippen LogP contribution in [0.1, 0.15) is 22.4 Å². The van der Waals surface area contributed by atoms with Gasteiger partial charge >= 0.3 is 0 Å². The van der Waals surface area contributed by atoms with Gasteiger partial charge in [0.2, 0.25) is 5.71 Å². The number of benzene rings is 2. The lowest BCUT2D eigenvalue weighted by molar-refractivity contribution is 0.653. The fourth-order valence-electron chi connectivity index (χ4n) is 4.74. The monoisotopic (exact) mass is 434 g/mol. The number of aromatic nitrogens is 2. The van der Waals surface area contributed by atoms with Crippen molar-refractivity contribution in [3.63, 3.8) is 0 Å². The van der Waals surface area contributed by atoms with Gasteiger partial charge in [0.05, 0.1) is 15.9 Å². The summed E-state index contributed by atoms with van der Waals surface area (Å²) < 4.78 is 7.39. The molecule has 156 valence electrons. The average molecular weight is 435 g/mol. The summed E-state index contributed by atoms with van der Waals surface area (Å²) in [5.74, 6) is 0. The lowest BCUT2D eigenvalue weighted by Crippen LogP contribution is -1.87. The Morgan fingerprint density at radius 3 is 2.41 bits per heavy atom. The van der Waals surface area contributed by atoms with Crippen molar-refractivity contribution in [1.29, 1.82) is 0 Å². The topological polar surface area (TPSA) is 38.9 Å². The molecule has 4 aromatic heterocycles. The maximum absolute atomic E-state index is 6.20. The molecule has 4 heteroatoms. The molecule has 0 unspecified atom stereocenters. The molecule has 3 nitrogen and oxygen atoms in total. The van der Waals surface area contributed by atoms with Crippen LogP contribution in [0.2, 0.25) is 0 Å². The van der Waals surface area contributed by atoms with Gasteiger partial charge < -0.3 is 4.42 Å². The maximum atomic E-state index is 6.20. The number of fused-ring (bicyclic) bond motifs is 4.